The molecule has 11 nitrogen and oxygen atoms in total. The summed E-state index contributed by atoms with van der Waals surface area (Å²) in [5, 5.41) is 13.0. The maximum Gasteiger partial charge on any atom is 0.407 e. The van der Waals surface area contributed by atoms with Gasteiger partial charge in [0.05, 0.1) is 42.5 Å². The van der Waals surface area contributed by atoms with Gasteiger partial charge in [-0.3, -0.25) is 14.5 Å². The minimum absolute atomic E-state index is 0.0291. The first-order valence-electron chi connectivity index (χ1n) is 16.0. The molecule has 0 unspecified atom stereocenters. The van der Waals surface area contributed by atoms with Crippen LogP contribution in [0.5, 0.6) is 0 Å². The molecule has 3 heterocycles. The zero-order chi connectivity index (χ0) is 34.9. The van der Waals surface area contributed by atoms with Crippen molar-refractivity contribution in [3.05, 3.63) is 113 Å². The molecule has 1 aliphatic heterocycles. The van der Waals surface area contributed by atoms with Crippen LogP contribution in [0.1, 0.15) is 40.4 Å². The topological polar surface area (TPSA) is 145 Å². The number of alkyl carbamates (subject to hydrolysis) is 1. The summed E-state index contributed by atoms with van der Waals surface area (Å²) in [5.74, 6) is -2.91. The predicted molar refractivity (Wildman–Crippen MR) is 176 cm³/mol. The second-order valence-electron chi connectivity index (χ2n) is 12.0. The summed E-state index contributed by atoms with van der Waals surface area (Å²) in [6.45, 7) is 5.73. The largest absolute Gasteiger partial charge is 0.447 e. The number of hydrogen-bond acceptors (Lipinski definition) is 8. The van der Waals surface area contributed by atoms with Crippen LogP contribution in [0.3, 0.4) is 0 Å². The number of carbonyl (C=O) groups excluding carboxylic acids is 2. The first-order chi connectivity index (χ1) is 23.6. The van der Waals surface area contributed by atoms with E-state index in [-0.39, 0.29) is 30.4 Å². The number of benzene rings is 2. The number of morpholine rings is 1. The van der Waals surface area contributed by atoms with Crippen molar-refractivity contribution >= 4 is 17.7 Å². The van der Waals surface area contributed by atoms with E-state index in [0.29, 0.717) is 43.7 Å². The number of hydrogen-bond donors (Lipinski definition) is 4. The van der Waals surface area contributed by atoms with Gasteiger partial charge in [-0.15, -0.1) is 0 Å². The molecule has 2 amide bonds. The third-order valence-corrected chi connectivity index (χ3v) is 8.32. The number of pyridine rings is 1. The molecule has 1 fully saturated rings. The minimum Gasteiger partial charge on any atom is -0.447 e. The van der Waals surface area contributed by atoms with Crippen molar-refractivity contribution in [3.63, 3.8) is 0 Å². The fraction of sp³-hybridized carbons (Fsp3) is 0.371. The third-order valence-electron chi connectivity index (χ3n) is 8.32. The lowest BCUT2D eigenvalue weighted by atomic mass is 9.85. The molecule has 4 aromatic rings. The molecule has 0 radical (unpaired) electrons. The molecule has 3 atom stereocenters. The van der Waals surface area contributed by atoms with Crippen molar-refractivity contribution in [2.75, 3.05) is 31.6 Å². The smallest absolute Gasteiger partial charge is 0.407 e. The summed E-state index contributed by atoms with van der Waals surface area (Å²) in [6, 6.07) is 11.8. The average molecular weight is 680 g/mol. The Hall–Kier alpha value is -4.79. The Balaban J connectivity index is 1.16. The Morgan fingerprint density at radius 1 is 1.02 bits per heavy atom. The Kier molecular flexibility index (Phi) is 12.0. The van der Waals surface area contributed by atoms with Crippen LogP contribution in [0.4, 0.5) is 23.7 Å². The zero-order valence-electron chi connectivity index (χ0n) is 27.3. The van der Waals surface area contributed by atoms with E-state index in [1.54, 1.807) is 0 Å². The molecule has 1 saturated heterocycles. The SMILES string of the molecule is Cc1cc(C)n(CCNC(=O)OC[C@@H]2CNC[C@@H](CCc3c(F)cncc3NC(=O)[C@@H](N)C(c3ccc(F)cc3)c3ccc(F)cc3)O2)n1. The van der Waals surface area contributed by atoms with Crippen LogP contribution in [0.2, 0.25) is 0 Å². The lowest BCUT2D eigenvalue weighted by molar-refractivity contribution is -0.117. The van der Waals surface area contributed by atoms with Gasteiger partial charge in [0, 0.05) is 36.8 Å². The van der Waals surface area contributed by atoms with Gasteiger partial charge in [0.1, 0.15) is 30.2 Å². The van der Waals surface area contributed by atoms with E-state index in [4.69, 9.17) is 15.2 Å². The Labute approximate surface area is 282 Å². The molecule has 0 spiro atoms. The number of nitrogens with one attached hydrogen (secondary N) is 3. The summed E-state index contributed by atoms with van der Waals surface area (Å²) < 4.78 is 55.8. The lowest BCUT2D eigenvalue weighted by Gasteiger charge is -2.31. The molecule has 2 aromatic heterocycles. The van der Waals surface area contributed by atoms with Crippen LogP contribution in [-0.2, 0) is 27.2 Å². The van der Waals surface area contributed by atoms with Crippen LogP contribution < -0.4 is 21.7 Å². The number of carbonyl (C=O) groups is 2. The predicted octanol–water partition coefficient (Wildman–Crippen LogP) is 4.13. The monoisotopic (exact) mass is 679 g/mol. The quantitative estimate of drug-likeness (QED) is 0.165. The first-order valence-corrected chi connectivity index (χ1v) is 16.0. The van der Waals surface area contributed by atoms with E-state index in [1.165, 1.54) is 54.7 Å². The highest BCUT2D eigenvalue weighted by Crippen LogP contribution is 2.29. The number of anilines is 1. The number of aromatic nitrogens is 3. The maximum absolute atomic E-state index is 15.1. The van der Waals surface area contributed by atoms with Crippen LogP contribution in [-0.4, -0.2) is 71.3 Å². The number of nitrogens with two attached hydrogens (primary N) is 1. The number of nitrogens with zero attached hydrogens (tertiary/aromatic N) is 3. The van der Waals surface area contributed by atoms with Crippen molar-refractivity contribution in [2.45, 2.75) is 57.4 Å². The van der Waals surface area contributed by atoms with E-state index >= 15 is 4.39 Å². The molecule has 0 saturated carbocycles. The lowest BCUT2D eigenvalue weighted by Crippen LogP contribution is -2.47. The van der Waals surface area contributed by atoms with Gasteiger partial charge in [-0.1, -0.05) is 24.3 Å². The molecular weight excluding hydrogens is 639 g/mol. The van der Waals surface area contributed by atoms with Gasteiger partial charge < -0.3 is 31.2 Å². The Morgan fingerprint density at radius 2 is 1.67 bits per heavy atom. The molecule has 49 heavy (non-hydrogen) atoms. The summed E-state index contributed by atoms with van der Waals surface area (Å²) in [6.07, 6.45) is 1.71. The molecule has 0 aliphatic carbocycles. The van der Waals surface area contributed by atoms with Gasteiger partial charge in [0.2, 0.25) is 5.91 Å². The standard InChI is InChI=1S/C35H40F3N7O4/c1-21-15-22(2)45(44-21)14-13-42-35(47)48-20-28-17-40-16-27(49-28)11-12-29-30(38)18-41-19-31(29)43-34(46)33(39)32(23-3-7-25(36)8-4-23)24-5-9-26(37)10-6-24/h3-10,15,18-19,27-28,32-33,40H,11-14,16-17,20,39H2,1-2H3,(H,42,47)(H,43,46)/t27-,28+,33+/m1/s1. The number of amides is 2. The molecule has 5 rings (SSSR count). The highest BCUT2D eigenvalue weighted by molar-refractivity contribution is 5.96. The average Bonchev–Trinajstić information content (AvgIpc) is 3.41. The Bertz CT molecular complexity index is 1670. The van der Waals surface area contributed by atoms with E-state index in [9.17, 15) is 18.4 Å². The molecule has 14 heteroatoms. The second-order valence-corrected chi connectivity index (χ2v) is 12.0. The second kappa shape index (κ2) is 16.5. The molecule has 5 N–H and O–H groups in total. The van der Waals surface area contributed by atoms with Gasteiger partial charge >= 0.3 is 6.09 Å². The van der Waals surface area contributed by atoms with E-state index < -0.39 is 47.5 Å². The van der Waals surface area contributed by atoms with E-state index in [0.717, 1.165) is 17.6 Å². The van der Waals surface area contributed by atoms with Crippen LogP contribution in [0, 0.1) is 31.3 Å². The van der Waals surface area contributed by atoms with Crippen molar-refractivity contribution in [3.8, 4) is 0 Å². The van der Waals surface area contributed by atoms with Gasteiger partial charge in [-0.2, -0.15) is 5.10 Å². The van der Waals surface area contributed by atoms with E-state index in [1.807, 2.05) is 24.6 Å². The van der Waals surface area contributed by atoms with Gasteiger partial charge in [0.25, 0.3) is 0 Å². The van der Waals surface area contributed by atoms with Crippen LogP contribution in [0.15, 0.2) is 67.0 Å². The number of aryl methyl sites for hydroxylation is 2. The summed E-state index contributed by atoms with van der Waals surface area (Å²) >= 11 is 0. The van der Waals surface area contributed by atoms with Gasteiger partial charge in [-0.25, -0.2) is 18.0 Å². The normalized spacial score (nSPS) is 16.7. The molecule has 1 aliphatic rings. The van der Waals surface area contributed by atoms with Crippen molar-refractivity contribution in [1.82, 2.24) is 25.4 Å². The third kappa shape index (κ3) is 9.65. The molecular formula is C35H40F3N7O4. The highest BCUT2D eigenvalue weighted by atomic mass is 19.1. The van der Waals surface area contributed by atoms with Crippen LogP contribution >= 0.6 is 0 Å². The van der Waals surface area contributed by atoms with Gasteiger partial charge in [0.15, 0.2) is 0 Å². The fourth-order valence-electron chi connectivity index (χ4n) is 5.87. The summed E-state index contributed by atoms with van der Waals surface area (Å²) in [7, 11) is 0. The number of halogens is 3. The number of rotatable bonds is 13. The number of ether oxygens (including phenoxy) is 2. The zero-order valence-corrected chi connectivity index (χ0v) is 27.3. The van der Waals surface area contributed by atoms with Crippen molar-refractivity contribution < 1.29 is 32.2 Å². The molecule has 260 valence electrons. The van der Waals surface area contributed by atoms with Crippen molar-refractivity contribution in [1.29, 1.82) is 0 Å². The highest BCUT2D eigenvalue weighted by Gasteiger charge is 2.29. The minimum atomic E-state index is -1.20. The summed E-state index contributed by atoms with van der Waals surface area (Å²) in [4.78, 5) is 29.7. The first kappa shape index (κ1) is 35.5. The van der Waals surface area contributed by atoms with E-state index in [2.05, 4.69) is 26.0 Å². The molecule has 0 bridgehead atoms. The van der Waals surface area contributed by atoms with Gasteiger partial charge in [-0.05, 0) is 68.1 Å². The summed E-state index contributed by atoms with van der Waals surface area (Å²) in [5.41, 5.74) is 9.84. The molecule has 2 aromatic carbocycles. The van der Waals surface area contributed by atoms with Crippen LogP contribution in [0.25, 0.3) is 0 Å². The fourth-order valence-corrected chi connectivity index (χ4v) is 5.87. The Morgan fingerprint density at radius 3 is 2.31 bits per heavy atom. The van der Waals surface area contributed by atoms with Crippen molar-refractivity contribution in [2.24, 2.45) is 5.73 Å². The maximum atomic E-state index is 15.1.